The fraction of sp³-hybridized carbons (Fsp3) is 0.179. The molecular weight excluding hydrogens is 538 g/mol. The first-order valence-corrected chi connectivity index (χ1v) is 13.6. The van der Waals surface area contributed by atoms with Gasteiger partial charge in [0.1, 0.15) is 11.7 Å². The average molecular weight is 568 g/mol. The summed E-state index contributed by atoms with van der Waals surface area (Å²) in [5.41, 5.74) is 2.69. The summed E-state index contributed by atoms with van der Waals surface area (Å²) in [5, 5.41) is 6.99. The maximum absolute atomic E-state index is 14.2. The molecule has 9 nitrogen and oxygen atoms in total. The summed E-state index contributed by atoms with van der Waals surface area (Å²) in [6, 6.07) is 23.8. The number of para-hydroxylation sites is 1. The van der Waals surface area contributed by atoms with Crippen molar-refractivity contribution in [2.75, 3.05) is 18.1 Å². The smallest absolute Gasteiger partial charge is 0.272 e. The van der Waals surface area contributed by atoms with Crippen LogP contribution in [0.1, 0.15) is 33.3 Å². The topological polar surface area (TPSA) is 127 Å². The molecule has 204 valence electrons. The van der Waals surface area contributed by atoms with E-state index in [1.807, 2.05) is 36.4 Å². The van der Waals surface area contributed by atoms with Gasteiger partial charge >= 0.3 is 0 Å². The Hall–Kier alpha value is -3.99. The molecule has 0 saturated carbocycles. The van der Waals surface area contributed by atoms with Crippen LogP contribution in [0.2, 0.25) is 0 Å². The average Bonchev–Trinajstić information content (AvgIpc) is 3.32. The minimum Gasteiger partial charge on any atom is -0.323 e. The van der Waals surface area contributed by atoms with E-state index in [9.17, 15) is 18.0 Å². The number of benzene rings is 3. The second-order valence-electron chi connectivity index (χ2n) is 8.74. The fourth-order valence-electron chi connectivity index (χ4n) is 4.25. The SMILES string of the molecule is CCS(=O)(=O)N(C)[C@H](Cc1ccccc1)C(=O)n1c(C(=O)Nc2ccc(C=NN)cc2)cc2ccccc21.Cl. The molecule has 0 saturated heterocycles. The number of likely N-dealkylation sites (N-methyl/N-ethyl adjacent to an activating group) is 1. The number of aromatic nitrogens is 1. The molecule has 1 heterocycles. The van der Waals surface area contributed by atoms with Crippen LogP contribution < -0.4 is 11.2 Å². The fourth-order valence-corrected chi connectivity index (χ4v) is 5.21. The van der Waals surface area contributed by atoms with Crippen LogP contribution in [0.3, 0.4) is 0 Å². The number of amides is 1. The van der Waals surface area contributed by atoms with E-state index in [1.165, 1.54) is 24.8 Å². The van der Waals surface area contributed by atoms with Gasteiger partial charge in [-0.25, -0.2) is 8.42 Å². The summed E-state index contributed by atoms with van der Waals surface area (Å²) in [5.74, 6) is 4.01. The van der Waals surface area contributed by atoms with E-state index in [4.69, 9.17) is 5.84 Å². The molecular formula is C28H30ClN5O4S. The second kappa shape index (κ2) is 12.7. The van der Waals surface area contributed by atoms with E-state index in [0.717, 1.165) is 15.4 Å². The predicted molar refractivity (Wildman–Crippen MR) is 157 cm³/mol. The minimum atomic E-state index is -3.72. The third-order valence-corrected chi connectivity index (χ3v) is 8.22. The summed E-state index contributed by atoms with van der Waals surface area (Å²) in [6.45, 7) is 1.53. The maximum Gasteiger partial charge on any atom is 0.272 e. The van der Waals surface area contributed by atoms with E-state index in [0.29, 0.717) is 16.6 Å². The first-order chi connectivity index (χ1) is 18.2. The highest BCUT2D eigenvalue weighted by Gasteiger charge is 2.34. The van der Waals surface area contributed by atoms with E-state index < -0.39 is 27.9 Å². The van der Waals surface area contributed by atoms with Crippen LogP contribution in [0.25, 0.3) is 10.9 Å². The lowest BCUT2D eigenvalue weighted by atomic mass is 10.1. The van der Waals surface area contributed by atoms with Crippen molar-refractivity contribution < 1.29 is 18.0 Å². The van der Waals surface area contributed by atoms with Gasteiger partial charge in [0.25, 0.3) is 11.8 Å². The van der Waals surface area contributed by atoms with Gasteiger partial charge < -0.3 is 11.2 Å². The molecule has 1 amide bonds. The maximum atomic E-state index is 14.2. The van der Waals surface area contributed by atoms with Crippen LogP contribution in [-0.2, 0) is 16.4 Å². The van der Waals surface area contributed by atoms with Crippen LogP contribution in [0, 0.1) is 0 Å². The van der Waals surface area contributed by atoms with Crippen molar-refractivity contribution in [3.8, 4) is 0 Å². The normalized spacial score (nSPS) is 12.4. The number of hydrazone groups is 1. The number of nitrogens with one attached hydrogen (secondary N) is 1. The number of carbonyl (C=O) groups excluding carboxylic acids is 2. The zero-order valence-electron chi connectivity index (χ0n) is 21.5. The molecule has 0 unspecified atom stereocenters. The molecule has 4 rings (SSSR count). The zero-order valence-corrected chi connectivity index (χ0v) is 23.2. The third-order valence-electron chi connectivity index (χ3n) is 6.36. The standard InChI is InChI=1S/C28H29N5O4S.ClH/c1-3-38(36,37)32(2)26(17-20-9-5-4-6-10-20)28(35)33-24-12-8-7-11-22(24)18-25(33)27(34)31-23-15-13-21(14-16-23)19-30-29;/h4-16,18-19,26H,3,17,29H2,1-2H3,(H,31,34);1H/t26-;/m1./s1. The lowest BCUT2D eigenvalue weighted by Crippen LogP contribution is -2.47. The Morgan fingerprint density at radius 1 is 1.03 bits per heavy atom. The van der Waals surface area contributed by atoms with Gasteiger partial charge in [-0.2, -0.15) is 9.41 Å². The Labute approximate surface area is 233 Å². The van der Waals surface area contributed by atoms with Crippen LogP contribution in [0.4, 0.5) is 5.69 Å². The van der Waals surface area contributed by atoms with Crippen molar-refractivity contribution >= 4 is 57.0 Å². The number of hydrogen-bond acceptors (Lipinski definition) is 6. The summed E-state index contributed by atoms with van der Waals surface area (Å²) in [4.78, 5) is 27.6. The first kappa shape index (κ1) is 29.6. The van der Waals surface area contributed by atoms with Crippen molar-refractivity contribution in [2.45, 2.75) is 19.4 Å². The predicted octanol–water partition coefficient (Wildman–Crippen LogP) is 4.14. The highest BCUT2D eigenvalue weighted by molar-refractivity contribution is 7.89. The zero-order chi connectivity index (χ0) is 27.3. The molecule has 0 aliphatic carbocycles. The van der Waals surface area contributed by atoms with Gasteiger partial charge in [0.05, 0.1) is 17.5 Å². The van der Waals surface area contributed by atoms with E-state index in [2.05, 4.69) is 10.4 Å². The molecule has 3 aromatic carbocycles. The van der Waals surface area contributed by atoms with Gasteiger partial charge in [-0.1, -0.05) is 60.7 Å². The highest BCUT2D eigenvalue weighted by atomic mass is 35.5. The number of carbonyl (C=O) groups is 2. The number of rotatable bonds is 9. The Morgan fingerprint density at radius 3 is 2.31 bits per heavy atom. The highest BCUT2D eigenvalue weighted by Crippen LogP contribution is 2.24. The van der Waals surface area contributed by atoms with E-state index in [-0.39, 0.29) is 30.3 Å². The van der Waals surface area contributed by atoms with Crippen LogP contribution in [0.5, 0.6) is 0 Å². The van der Waals surface area contributed by atoms with Crippen molar-refractivity contribution in [3.63, 3.8) is 0 Å². The number of halogens is 1. The summed E-state index contributed by atoms with van der Waals surface area (Å²) in [7, 11) is -2.31. The number of sulfonamides is 1. The Bertz CT molecular complexity index is 1590. The van der Waals surface area contributed by atoms with Gasteiger partial charge in [-0.05, 0) is 48.7 Å². The molecule has 1 atom stereocenters. The van der Waals surface area contributed by atoms with Gasteiger partial charge in [0.2, 0.25) is 10.0 Å². The van der Waals surface area contributed by atoms with Crippen LogP contribution in [-0.4, -0.2) is 54.2 Å². The summed E-state index contributed by atoms with van der Waals surface area (Å²) >= 11 is 0. The van der Waals surface area contributed by atoms with E-state index in [1.54, 1.807) is 48.5 Å². The van der Waals surface area contributed by atoms with E-state index >= 15 is 0 Å². The third kappa shape index (κ3) is 6.54. The van der Waals surface area contributed by atoms with Crippen LogP contribution in [0.15, 0.2) is 90.0 Å². The number of anilines is 1. The molecule has 1 aromatic heterocycles. The molecule has 4 aromatic rings. The van der Waals surface area contributed by atoms with Gasteiger partial charge in [-0.3, -0.25) is 14.2 Å². The Kier molecular flexibility index (Phi) is 9.63. The molecule has 0 aliphatic rings. The lowest BCUT2D eigenvalue weighted by molar-refractivity contribution is 0.0813. The molecule has 11 heteroatoms. The molecule has 0 spiro atoms. The Morgan fingerprint density at radius 2 is 1.67 bits per heavy atom. The first-order valence-electron chi connectivity index (χ1n) is 12.0. The van der Waals surface area contributed by atoms with Crippen molar-refractivity contribution in [2.24, 2.45) is 10.9 Å². The van der Waals surface area contributed by atoms with Gasteiger partial charge in [-0.15, -0.1) is 12.4 Å². The number of nitrogens with zero attached hydrogens (tertiary/aromatic N) is 3. The number of hydrogen-bond donors (Lipinski definition) is 2. The van der Waals surface area contributed by atoms with Crippen molar-refractivity contribution in [3.05, 3.63) is 102 Å². The van der Waals surface area contributed by atoms with Gasteiger partial charge in [0.15, 0.2) is 0 Å². The largest absolute Gasteiger partial charge is 0.323 e. The summed E-state index contributed by atoms with van der Waals surface area (Å²) < 4.78 is 28.2. The van der Waals surface area contributed by atoms with Crippen molar-refractivity contribution in [1.82, 2.24) is 8.87 Å². The number of nitrogens with two attached hydrogens (primary N) is 1. The summed E-state index contributed by atoms with van der Waals surface area (Å²) in [6.07, 6.45) is 1.63. The molecule has 0 fully saturated rings. The minimum absolute atomic E-state index is 0. The molecule has 3 N–H and O–H groups in total. The monoisotopic (exact) mass is 567 g/mol. The Balaban J connectivity index is 0.00000420. The molecule has 0 aliphatic heterocycles. The number of fused-ring (bicyclic) bond motifs is 1. The quantitative estimate of drug-likeness (QED) is 0.178. The lowest BCUT2D eigenvalue weighted by Gasteiger charge is -2.27. The molecule has 39 heavy (non-hydrogen) atoms. The van der Waals surface area contributed by atoms with Crippen molar-refractivity contribution in [1.29, 1.82) is 0 Å². The van der Waals surface area contributed by atoms with Crippen LogP contribution >= 0.6 is 12.4 Å². The molecule has 0 bridgehead atoms. The molecule has 0 radical (unpaired) electrons. The van der Waals surface area contributed by atoms with Gasteiger partial charge in [0, 0.05) is 18.1 Å². The second-order valence-corrected chi connectivity index (χ2v) is 11.1.